The monoisotopic (exact) mass is 231 g/mol. The minimum absolute atomic E-state index is 0.0254. The van der Waals surface area contributed by atoms with Gasteiger partial charge in [0.15, 0.2) is 0 Å². The third kappa shape index (κ3) is 2.63. The lowest BCUT2D eigenvalue weighted by Gasteiger charge is -2.10. The number of carboxylic acids is 1. The van der Waals surface area contributed by atoms with E-state index in [0.29, 0.717) is 0 Å². The molecule has 0 saturated heterocycles. The highest BCUT2D eigenvalue weighted by molar-refractivity contribution is 5.70. The second-order valence-electron chi connectivity index (χ2n) is 3.14. The number of carbonyl (C=O) groups is 1. The Bertz CT molecular complexity index is 410. The zero-order valence-electron chi connectivity index (χ0n) is 8.28. The van der Waals surface area contributed by atoms with Gasteiger partial charge in [-0.1, -0.05) is 0 Å². The highest BCUT2D eigenvalue weighted by Crippen LogP contribution is 2.27. The quantitative estimate of drug-likeness (QED) is 0.707. The number of halogens is 2. The molecule has 1 rings (SSSR count). The van der Waals surface area contributed by atoms with Gasteiger partial charge in [-0.15, -0.1) is 0 Å². The van der Waals surface area contributed by atoms with Gasteiger partial charge >= 0.3 is 5.97 Å². The van der Waals surface area contributed by atoms with Crippen molar-refractivity contribution in [2.75, 3.05) is 5.73 Å². The van der Waals surface area contributed by atoms with Gasteiger partial charge in [0, 0.05) is 12.1 Å². The molecule has 1 heterocycles. The number of alkyl halides is 2. The van der Waals surface area contributed by atoms with Crippen molar-refractivity contribution in [2.45, 2.75) is 19.4 Å². The van der Waals surface area contributed by atoms with Crippen LogP contribution in [0.5, 0.6) is 0 Å². The Hall–Kier alpha value is -1.76. The fourth-order valence-electron chi connectivity index (χ4n) is 1.27. The Kier molecular flexibility index (Phi) is 3.73. The normalized spacial score (nSPS) is 10.8. The predicted octanol–water partition coefficient (Wildman–Crippen LogP) is 0.687. The molecule has 0 aliphatic carbocycles. The molecule has 0 radical (unpaired) electrons. The van der Waals surface area contributed by atoms with Crippen LogP contribution in [0.15, 0.2) is 6.07 Å². The van der Waals surface area contributed by atoms with Gasteiger partial charge in [0.05, 0.1) is 23.5 Å². The number of nitrogen functional groups attached to an aromatic ring is 1. The van der Waals surface area contributed by atoms with E-state index < -0.39 is 24.4 Å². The van der Waals surface area contributed by atoms with Crippen LogP contribution >= 0.6 is 0 Å². The summed E-state index contributed by atoms with van der Waals surface area (Å²) in [5.41, 5.74) is 10.2. The molecule has 0 unspecified atom stereocenters. The van der Waals surface area contributed by atoms with E-state index in [9.17, 15) is 13.6 Å². The number of pyridine rings is 1. The number of aliphatic carboxylic acids is 1. The van der Waals surface area contributed by atoms with Crippen LogP contribution < -0.4 is 11.5 Å². The molecule has 0 fully saturated rings. The molecule has 0 saturated carbocycles. The SMILES string of the molecule is NCc1nc(CC(=O)O)cc(C(F)F)c1N. The topological polar surface area (TPSA) is 102 Å². The number of hydrogen-bond acceptors (Lipinski definition) is 4. The lowest BCUT2D eigenvalue weighted by Crippen LogP contribution is -2.12. The minimum atomic E-state index is -2.78. The molecule has 0 aliphatic heterocycles. The second-order valence-corrected chi connectivity index (χ2v) is 3.14. The second kappa shape index (κ2) is 4.84. The van der Waals surface area contributed by atoms with Crippen LogP contribution in [-0.4, -0.2) is 16.1 Å². The van der Waals surface area contributed by atoms with Crippen molar-refractivity contribution in [2.24, 2.45) is 5.73 Å². The molecule has 0 bridgehead atoms. The summed E-state index contributed by atoms with van der Waals surface area (Å²) in [6, 6.07) is 0.993. The van der Waals surface area contributed by atoms with Crippen molar-refractivity contribution < 1.29 is 18.7 Å². The van der Waals surface area contributed by atoms with Crippen molar-refractivity contribution >= 4 is 11.7 Å². The largest absolute Gasteiger partial charge is 0.481 e. The molecule has 5 nitrogen and oxygen atoms in total. The van der Waals surface area contributed by atoms with Crippen molar-refractivity contribution in [1.29, 1.82) is 0 Å². The van der Waals surface area contributed by atoms with Gasteiger partial charge < -0.3 is 16.6 Å². The van der Waals surface area contributed by atoms with E-state index >= 15 is 0 Å². The maximum Gasteiger partial charge on any atom is 0.309 e. The molecule has 0 atom stereocenters. The van der Waals surface area contributed by atoms with Crippen molar-refractivity contribution in [1.82, 2.24) is 4.98 Å². The predicted molar refractivity (Wildman–Crippen MR) is 52.8 cm³/mol. The summed E-state index contributed by atoms with van der Waals surface area (Å²) in [6.45, 7) is -0.112. The number of nitrogens with zero attached hydrogens (tertiary/aromatic N) is 1. The van der Waals surface area contributed by atoms with E-state index in [-0.39, 0.29) is 23.6 Å². The summed E-state index contributed by atoms with van der Waals surface area (Å²) in [5, 5.41) is 8.54. The van der Waals surface area contributed by atoms with Crippen molar-refractivity contribution in [3.05, 3.63) is 23.0 Å². The number of carboxylic acid groups (broad SMARTS) is 1. The maximum atomic E-state index is 12.6. The summed E-state index contributed by atoms with van der Waals surface area (Å²) in [7, 11) is 0. The highest BCUT2D eigenvalue weighted by atomic mass is 19.3. The Morgan fingerprint density at radius 3 is 2.62 bits per heavy atom. The van der Waals surface area contributed by atoms with Crippen molar-refractivity contribution in [3.63, 3.8) is 0 Å². The van der Waals surface area contributed by atoms with Gasteiger partial charge in [-0.2, -0.15) is 0 Å². The van der Waals surface area contributed by atoms with Crippen LogP contribution in [0.4, 0.5) is 14.5 Å². The van der Waals surface area contributed by atoms with E-state index in [1.807, 2.05) is 0 Å². The highest BCUT2D eigenvalue weighted by Gasteiger charge is 2.17. The molecule has 0 spiro atoms. The van der Waals surface area contributed by atoms with E-state index in [2.05, 4.69) is 4.98 Å². The number of nitrogens with two attached hydrogens (primary N) is 2. The van der Waals surface area contributed by atoms with Gasteiger partial charge in [0.1, 0.15) is 0 Å². The zero-order valence-corrected chi connectivity index (χ0v) is 8.28. The summed E-state index contributed by atoms with van der Waals surface area (Å²) in [4.78, 5) is 14.3. The summed E-state index contributed by atoms with van der Waals surface area (Å²) >= 11 is 0. The molecule has 88 valence electrons. The van der Waals surface area contributed by atoms with Crippen LogP contribution in [0.3, 0.4) is 0 Å². The summed E-state index contributed by atoms with van der Waals surface area (Å²) in [6.07, 6.45) is -3.21. The first kappa shape index (κ1) is 12.3. The fourth-order valence-corrected chi connectivity index (χ4v) is 1.27. The van der Waals surface area contributed by atoms with E-state index in [0.717, 1.165) is 6.07 Å². The first-order chi connectivity index (χ1) is 7.45. The minimum Gasteiger partial charge on any atom is -0.481 e. The molecule has 16 heavy (non-hydrogen) atoms. The van der Waals surface area contributed by atoms with Gasteiger partial charge in [-0.25, -0.2) is 8.78 Å². The third-order valence-electron chi connectivity index (χ3n) is 1.98. The molecule has 1 aromatic rings. The maximum absolute atomic E-state index is 12.6. The average Bonchev–Trinajstić information content (AvgIpc) is 2.19. The van der Waals surface area contributed by atoms with E-state index in [1.165, 1.54) is 0 Å². The molecule has 5 N–H and O–H groups in total. The molecular formula is C9H11F2N3O2. The first-order valence-corrected chi connectivity index (χ1v) is 4.43. The van der Waals surface area contributed by atoms with E-state index in [4.69, 9.17) is 16.6 Å². The molecule has 7 heteroatoms. The van der Waals surface area contributed by atoms with Gasteiger partial charge in [-0.05, 0) is 6.07 Å². The fraction of sp³-hybridized carbons (Fsp3) is 0.333. The Balaban J connectivity index is 3.22. The molecular weight excluding hydrogens is 220 g/mol. The lowest BCUT2D eigenvalue weighted by atomic mass is 10.1. The smallest absolute Gasteiger partial charge is 0.309 e. The third-order valence-corrected chi connectivity index (χ3v) is 1.98. The Morgan fingerprint density at radius 1 is 1.56 bits per heavy atom. The molecule has 0 amide bonds. The number of rotatable bonds is 4. The van der Waals surface area contributed by atoms with Crippen LogP contribution in [0.25, 0.3) is 0 Å². The van der Waals surface area contributed by atoms with Crippen molar-refractivity contribution in [3.8, 4) is 0 Å². The van der Waals surface area contributed by atoms with Gasteiger partial charge in [-0.3, -0.25) is 9.78 Å². The van der Waals surface area contributed by atoms with E-state index in [1.54, 1.807) is 0 Å². The van der Waals surface area contributed by atoms with Crippen LogP contribution in [0.2, 0.25) is 0 Å². The number of hydrogen-bond donors (Lipinski definition) is 3. The number of aromatic nitrogens is 1. The van der Waals surface area contributed by atoms with Gasteiger partial charge in [0.25, 0.3) is 6.43 Å². The molecule has 0 aliphatic rings. The van der Waals surface area contributed by atoms with Crippen LogP contribution in [0, 0.1) is 0 Å². The lowest BCUT2D eigenvalue weighted by molar-refractivity contribution is -0.136. The number of anilines is 1. The van der Waals surface area contributed by atoms with Crippen LogP contribution in [-0.2, 0) is 17.8 Å². The Labute approximate surface area is 90.1 Å². The van der Waals surface area contributed by atoms with Gasteiger partial charge in [0.2, 0.25) is 0 Å². The molecule has 1 aromatic heterocycles. The summed E-state index contributed by atoms with van der Waals surface area (Å²) < 4.78 is 25.1. The van der Waals surface area contributed by atoms with Crippen LogP contribution in [0.1, 0.15) is 23.4 Å². The molecule has 0 aromatic carbocycles. The average molecular weight is 231 g/mol. The first-order valence-electron chi connectivity index (χ1n) is 4.43. The summed E-state index contributed by atoms with van der Waals surface area (Å²) in [5.74, 6) is -1.15. The standard InChI is InChI=1S/C9H11F2N3O2/c10-9(11)5-1-4(2-7(15)16)14-6(3-12)8(5)13/h1,9H,2-3,12-13H2,(H,15,16). The zero-order chi connectivity index (χ0) is 12.3. The Morgan fingerprint density at radius 2 is 2.19 bits per heavy atom.